The lowest BCUT2D eigenvalue weighted by Gasteiger charge is -2.27. The zero-order valence-corrected chi connectivity index (χ0v) is 14.4. The van der Waals surface area contributed by atoms with Crippen molar-refractivity contribution in [1.82, 2.24) is 10.2 Å². The van der Waals surface area contributed by atoms with E-state index in [1.165, 1.54) is 11.8 Å². The average Bonchev–Trinajstić information content (AvgIpc) is 2.87. The number of hydrogen-bond donors (Lipinski definition) is 1. The predicted molar refractivity (Wildman–Crippen MR) is 91.1 cm³/mol. The second kappa shape index (κ2) is 6.69. The van der Waals surface area contributed by atoms with Gasteiger partial charge in [-0.3, -0.25) is 4.99 Å². The van der Waals surface area contributed by atoms with Crippen LogP contribution in [0.1, 0.15) is 18.9 Å². The van der Waals surface area contributed by atoms with Crippen LogP contribution < -0.4 is 5.32 Å². The maximum atomic E-state index is 11.2. The molecule has 122 valence electrons. The largest absolute Gasteiger partial charge is 0.355 e. The van der Waals surface area contributed by atoms with E-state index in [9.17, 15) is 8.42 Å². The first-order chi connectivity index (χ1) is 10.3. The molecule has 0 aromatic heterocycles. The van der Waals surface area contributed by atoms with E-state index in [0.29, 0.717) is 6.54 Å². The van der Waals surface area contributed by atoms with E-state index < -0.39 is 9.84 Å². The number of nitrogens with zero attached hydrogens (tertiary/aromatic N) is 2. The summed E-state index contributed by atoms with van der Waals surface area (Å²) in [6, 6.07) is 10.5. The van der Waals surface area contributed by atoms with Gasteiger partial charge in [0.15, 0.2) is 5.96 Å². The molecule has 5 nitrogen and oxygen atoms in total. The topological polar surface area (TPSA) is 61.8 Å². The number of aliphatic imine (C=N–C) groups is 1. The van der Waals surface area contributed by atoms with Gasteiger partial charge in [-0.1, -0.05) is 37.3 Å². The maximum absolute atomic E-state index is 11.2. The van der Waals surface area contributed by atoms with E-state index in [1.807, 2.05) is 6.07 Å². The third-order valence-electron chi connectivity index (χ3n) is 4.21. The minimum atomic E-state index is -2.95. The van der Waals surface area contributed by atoms with Crippen molar-refractivity contribution >= 4 is 15.8 Å². The minimum absolute atomic E-state index is 0.107. The molecule has 1 fully saturated rings. The Morgan fingerprint density at radius 3 is 2.64 bits per heavy atom. The monoisotopic (exact) mass is 323 g/mol. The summed E-state index contributed by atoms with van der Waals surface area (Å²) in [6.07, 6.45) is 2.31. The van der Waals surface area contributed by atoms with Crippen LogP contribution >= 0.6 is 0 Å². The van der Waals surface area contributed by atoms with Crippen LogP contribution in [0.5, 0.6) is 0 Å². The van der Waals surface area contributed by atoms with Crippen LogP contribution in [0.3, 0.4) is 0 Å². The molecule has 0 spiro atoms. The van der Waals surface area contributed by atoms with Crippen LogP contribution in [0.4, 0.5) is 0 Å². The highest BCUT2D eigenvalue weighted by molar-refractivity contribution is 7.90. The molecule has 1 N–H and O–H groups in total. The van der Waals surface area contributed by atoms with Gasteiger partial charge in [0.1, 0.15) is 9.84 Å². The molecule has 1 atom stereocenters. The van der Waals surface area contributed by atoms with Crippen LogP contribution in [0.15, 0.2) is 35.3 Å². The first-order valence-corrected chi connectivity index (χ1v) is 9.59. The molecule has 0 bridgehead atoms. The van der Waals surface area contributed by atoms with E-state index in [2.05, 4.69) is 46.4 Å². The molecule has 1 aromatic carbocycles. The zero-order chi connectivity index (χ0) is 16.2. The Morgan fingerprint density at radius 2 is 2.05 bits per heavy atom. The van der Waals surface area contributed by atoms with Crippen LogP contribution in [0.2, 0.25) is 0 Å². The number of likely N-dealkylation sites (tertiary alicyclic amines) is 1. The number of hydrogen-bond acceptors (Lipinski definition) is 3. The summed E-state index contributed by atoms with van der Waals surface area (Å²) in [5, 5.41) is 3.15. The molecule has 1 aliphatic heterocycles. The molecule has 0 aliphatic carbocycles. The van der Waals surface area contributed by atoms with Crippen molar-refractivity contribution in [2.45, 2.75) is 18.8 Å². The van der Waals surface area contributed by atoms with E-state index >= 15 is 0 Å². The van der Waals surface area contributed by atoms with Gasteiger partial charge in [-0.25, -0.2) is 8.42 Å². The molecule has 6 heteroatoms. The summed E-state index contributed by atoms with van der Waals surface area (Å²) in [4.78, 5) is 6.49. The Hall–Kier alpha value is -1.56. The van der Waals surface area contributed by atoms with Crippen molar-refractivity contribution < 1.29 is 8.42 Å². The highest BCUT2D eigenvalue weighted by atomic mass is 32.2. The predicted octanol–water partition coefficient (Wildman–Crippen LogP) is 1.27. The van der Waals surface area contributed by atoms with Crippen LogP contribution in [-0.4, -0.2) is 58.0 Å². The van der Waals surface area contributed by atoms with Gasteiger partial charge in [-0.05, 0) is 12.0 Å². The summed E-state index contributed by atoms with van der Waals surface area (Å²) in [5.74, 6) is 0.902. The highest BCUT2D eigenvalue weighted by Crippen LogP contribution is 2.33. The standard InChI is InChI=1S/C16H25N3O2S/c1-16(14-7-5-4-6-8-14)9-11-19(13-16)15(17-2)18-10-12-22(3,20)21/h4-8H,9-13H2,1-3H3,(H,17,18). The third-order valence-corrected chi connectivity index (χ3v) is 5.16. The zero-order valence-electron chi connectivity index (χ0n) is 13.5. The van der Waals surface area contributed by atoms with Gasteiger partial charge >= 0.3 is 0 Å². The van der Waals surface area contributed by atoms with Crippen molar-refractivity contribution in [1.29, 1.82) is 0 Å². The molecule has 1 aromatic rings. The number of rotatable bonds is 4. The van der Waals surface area contributed by atoms with Crippen molar-refractivity contribution in [2.24, 2.45) is 4.99 Å². The quantitative estimate of drug-likeness (QED) is 0.669. The maximum Gasteiger partial charge on any atom is 0.193 e. The summed E-state index contributed by atoms with van der Waals surface area (Å²) < 4.78 is 22.4. The number of sulfone groups is 1. The van der Waals surface area contributed by atoms with Crippen LogP contribution in [-0.2, 0) is 15.3 Å². The molecule has 1 heterocycles. The lowest BCUT2D eigenvalue weighted by Crippen LogP contribution is -2.43. The number of benzene rings is 1. The molecule has 0 radical (unpaired) electrons. The minimum Gasteiger partial charge on any atom is -0.355 e. The Kier molecular flexibility index (Phi) is 5.11. The Bertz CT molecular complexity index is 628. The van der Waals surface area contributed by atoms with Gasteiger partial charge in [0, 0.05) is 38.4 Å². The van der Waals surface area contributed by atoms with Crippen LogP contribution in [0.25, 0.3) is 0 Å². The molecule has 1 unspecified atom stereocenters. The van der Waals surface area contributed by atoms with E-state index in [1.54, 1.807) is 7.05 Å². The molecule has 1 saturated heterocycles. The summed E-state index contributed by atoms with van der Waals surface area (Å²) in [7, 11) is -1.22. The van der Waals surface area contributed by atoms with Crippen molar-refractivity contribution in [3.05, 3.63) is 35.9 Å². The second-order valence-corrected chi connectivity index (χ2v) is 8.46. The van der Waals surface area contributed by atoms with Gasteiger partial charge in [0.25, 0.3) is 0 Å². The van der Waals surface area contributed by atoms with E-state index in [0.717, 1.165) is 25.5 Å². The fourth-order valence-electron chi connectivity index (χ4n) is 2.90. The van der Waals surface area contributed by atoms with Gasteiger partial charge in [0.2, 0.25) is 0 Å². The molecular formula is C16H25N3O2S. The van der Waals surface area contributed by atoms with Gasteiger partial charge in [-0.15, -0.1) is 0 Å². The first-order valence-electron chi connectivity index (χ1n) is 7.53. The average molecular weight is 323 g/mol. The van der Waals surface area contributed by atoms with Crippen molar-refractivity contribution in [2.75, 3.05) is 38.7 Å². The number of nitrogens with one attached hydrogen (secondary N) is 1. The molecular weight excluding hydrogens is 298 g/mol. The summed E-state index contributed by atoms with van der Waals surface area (Å²) in [6.45, 7) is 4.47. The Morgan fingerprint density at radius 1 is 1.36 bits per heavy atom. The molecule has 2 rings (SSSR count). The lowest BCUT2D eigenvalue weighted by atomic mass is 9.82. The Labute approximate surface area is 133 Å². The molecule has 0 saturated carbocycles. The fourth-order valence-corrected chi connectivity index (χ4v) is 3.37. The van der Waals surface area contributed by atoms with E-state index in [-0.39, 0.29) is 11.2 Å². The fraction of sp³-hybridized carbons (Fsp3) is 0.562. The van der Waals surface area contributed by atoms with Gasteiger partial charge < -0.3 is 10.2 Å². The second-order valence-electron chi connectivity index (χ2n) is 6.20. The summed E-state index contributed by atoms with van der Waals surface area (Å²) >= 11 is 0. The van der Waals surface area contributed by atoms with Crippen molar-refractivity contribution in [3.8, 4) is 0 Å². The lowest BCUT2D eigenvalue weighted by molar-refractivity contribution is 0.440. The molecule has 22 heavy (non-hydrogen) atoms. The third kappa shape index (κ3) is 4.22. The molecule has 0 amide bonds. The SMILES string of the molecule is CN=C(NCCS(C)(=O)=O)N1CCC(C)(c2ccccc2)C1. The number of guanidine groups is 1. The molecule has 1 aliphatic rings. The van der Waals surface area contributed by atoms with E-state index in [4.69, 9.17) is 0 Å². The summed E-state index contributed by atoms with van der Waals surface area (Å²) in [5.41, 5.74) is 1.44. The van der Waals surface area contributed by atoms with Gasteiger partial charge in [0.05, 0.1) is 5.75 Å². The smallest absolute Gasteiger partial charge is 0.193 e. The highest BCUT2D eigenvalue weighted by Gasteiger charge is 2.36. The normalized spacial score (nSPS) is 22.9. The van der Waals surface area contributed by atoms with Crippen LogP contribution in [0, 0.1) is 0 Å². The van der Waals surface area contributed by atoms with Gasteiger partial charge in [-0.2, -0.15) is 0 Å². The Balaban J connectivity index is 1.99. The first kappa shape index (κ1) is 16.8. The van der Waals surface area contributed by atoms with Crippen molar-refractivity contribution in [3.63, 3.8) is 0 Å².